The first-order valence-corrected chi connectivity index (χ1v) is 9.41. The van der Waals surface area contributed by atoms with Gasteiger partial charge >= 0.3 is 0 Å². The zero-order valence-electron chi connectivity index (χ0n) is 16.7. The zero-order valence-corrected chi connectivity index (χ0v) is 16.7. The second-order valence-electron chi connectivity index (χ2n) is 7.23. The van der Waals surface area contributed by atoms with E-state index in [-0.39, 0.29) is 6.10 Å². The van der Waals surface area contributed by atoms with Crippen LogP contribution in [0, 0.1) is 0 Å². The van der Waals surface area contributed by atoms with Crippen LogP contribution in [0.15, 0.2) is 47.2 Å². The van der Waals surface area contributed by atoms with Crippen molar-refractivity contribution in [2.24, 2.45) is 10.7 Å². The number of rotatable bonds is 5. The number of primary amides is 1. The van der Waals surface area contributed by atoms with Gasteiger partial charge in [-0.05, 0) is 75.9 Å². The fourth-order valence-electron chi connectivity index (χ4n) is 3.21. The van der Waals surface area contributed by atoms with E-state index in [0.29, 0.717) is 22.8 Å². The van der Waals surface area contributed by atoms with Gasteiger partial charge in [0, 0.05) is 23.5 Å². The molecule has 1 aliphatic carbocycles. The summed E-state index contributed by atoms with van der Waals surface area (Å²) in [5.74, 6) is 0.854. The molecule has 3 rings (SSSR count). The number of aryl methyl sites for hydroxylation is 1. The predicted octanol–water partition coefficient (Wildman–Crippen LogP) is 4.18. The highest BCUT2D eigenvalue weighted by Crippen LogP contribution is 2.32. The minimum Gasteiger partial charge on any atom is -0.489 e. The number of amides is 1. The molecule has 0 bridgehead atoms. The van der Waals surface area contributed by atoms with Crippen molar-refractivity contribution in [2.75, 3.05) is 5.32 Å². The van der Waals surface area contributed by atoms with E-state index in [2.05, 4.69) is 17.2 Å². The van der Waals surface area contributed by atoms with E-state index in [1.54, 1.807) is 18.2 Å². The monoisotopic (exact) mass is 378 g/mol. The summed E-state index contributed by atoms with van der Waals surface area (Å²) < 4.78 is 5.86. The van der Waals surface area contributed by atoms with E-state index < -0.39 is 5.91 Å². The lowest BCUT2D eigenvalue weighted by Crippen LogP contribution is -2.15. The van der Waals surface area contributed by atoms with Crippen molar-refractivity contribution in [3.63, 3.8) is 0 Å². The summed E-state index contributed by atoms with van der Waals surface area (Å²) in [5, 5.41) is 3.27. The molecule has 3 N–H and O–H groups in total. The molecule has 1 aliphatic rings. The summed E-state index contributed by atoms with van der Waals surface area (Å²) in [4.78, 5) is 20.7. The van der Waals surface area contributed by atoms with Crippen LogP contribution in [0.25, 0.3) is 5.70 Å². The third-order valence-corrected chi connectivity index (χ3v) is 4.56. The van der Waals surface area contributed by atoms with Crippen molar-refractivity contribution in [1.29, 1.82) is 0 Å². The highest BCUT2D eigenvalue weighted by atomic mass is 16.5. The highest BCUT2D eigenvalue weighted by molar-refractivity contribution is 6.00. The Hall–Kier alpha value is -3.15. The number of nitrogens with one attached hydrogen (secondary N) is 1. The molecule has 0 unspecified atom stereocenters. The number of carbonyl (C=O) groups is 1. The van der Waals surface area contributed by atoms with Crippen LogP contribution in [0.5, 0.6) is 5.75 Å². The Labute approximate surface area is 165 Å². The molecule has 0 saturated carbocycles. The largest absolute Gasteiger partial charge is 0.489 e. The number of pyridine rings is 1. The predicted molar refractivity (Wildman–Crippen MR) is 113 cm³/mol. The number of anilines is 1. The Morgan fingerprint density at radius 2 is 2.07 bits per heavy atom. The highest BCUT2D eigenvalue weighted by Gasteiger charge is 2.17. The van der Waals surface area contributed by atoms with Gasteiger partial charge in [0.05, 0.1) is 17.5 Å². The minimum absolute atomic E-state index is 0.00142. The average molecular weight is 378 g/mol. The molecule has 1 aromatic carbocycles. The molecular weight excluding hydrogens is 352 g/mol. The summed E-state index contributed by atoms with van der Waals surface area (Å²) in [6, 6.07) is 7.15. The van der Waals surface area contributed by atoms with E-state index in [4.69, 9.17) is 15.5 Å². The van der Waals surface area contributed by atoms with Gasteiger partial charge in [0.15, 0.2) is 0 Å². The average Bonchev–Trinajstić information content (AvgIpc) is 2.65. The number of nitrogens with two attached hydrogens (primary N) is 1. The first kappa shape index (κ1) is 19.6. The number of benzene rings is 1. The Balaban J connectivity index is 1.95. The summed E-state index contributed by atoms with van der Waals surface area (Å²) in [7, 11) is 0. The Morgan fingerprint density at radius 3 is 2.79 bits per heavy atom. The minimum atomic E-state index is -0.487. The summed E-state index contributed by atoms with van der Waals surface area (Å²) in [6.07, 6.45) is 5.66. The zero-order chi connectivity index (χ0) is 20.3. The number of aromatic nitrogens is 1. The molecule has 1 heterocycles. The molecular formula is C22H26N4O2. The molecule has 0 atom stereocenters. The van der Waals surface area contributed by atoms with Crippen molar-refractivity contribution in [3.8, 4) is 5.75 Å². The molecule has 0 radical (unpaired) electrons. The Kier molecular flexibility index (Phi) is 5.78. The van der Waals surface area contributed by atoms with Crippen LogP contribution in [0.3, 0.4) is 0 Å². The number of hydrogen-bond acceptors (Lipinski definition) is 4. The summed E-state index contributed by atoms with van der Waals surface area (Å²) >= 11 is 0. The molecule has 146 valence electrons. The summed E-state index contributed by atoms with van der Waals surface area (Å²) in [6.45, 7) is 7.89. The SMILES string of the molecule is CC(=NC1=C(C)CCc2ccncc21)Nc1cc(C(N)=O)ccc1OC(C)C. The number of amidine groups is 1. The van der Waals surface area contributed by atoms with Gasteiger partial charge in [-0.1, -0.05) is 0 Å². The van der Waals surface area contributed by atoms with E-state index in [1.165, 1.54) is 11.1 Å². The molecule has 0 fully saturated rings. The van der Waals surface area contributed by atoms with E-state index in [0.717, 1.165) is 24.1 Å². The van der Waals surface area contributed by atoms with Crippen molar-refractivity contribution >= 4 is 23.1 Å². The quantitative estimate of drug-likeness (QED) is 0.603. The van der Waals surface area contributed by atoms with Crippen molar-refractivity contribution < 1.29 is 9.53 Å². The normalized spacial score (nSPS) is 14.1. The molecule has 2 aromatic rings. The smallest absolute Gasteiger partial charge is 0.248 e. The molecule has 1 aromatic heterocycles. The maximum absolute atomic E-state index is 11.6. The van der Waals surface area contributed by atoms with Gasteiger partial charge in [-0.25, -0.2) is 4.99 Å². The van der Waals surface area contributed by atoms with Crippen molar-refractivity contribution in [1.82, 2.24) is 4.98 Å². The topological polar surface area (TPSA) is 89.6 Å². The third kappa shape index (κ3) is 4.39. The Morgan fingerprint density at radius 1 is 1.29 bits per heavy atom. The van der Waals surface area contributed by atoms with Crippen LogP contribution >= 0.6 is 0 Å². The molecule has 6 heteroatoms. The second-order valence-corrected chi connectivity index (χ2v) is 7.23. The van der Waals surface area contributed by atoms with Crippen LogP contribution in [0.4, 0.5) is 5.69 Å². The number of aliphatic imine (C=N–C) groups is 1. The first-order valence-electron chi connectivity index (χ1n) is 9.41. The lowest BCUT2D eigenvalue weighted by atomic mass is 9.92. The molecule has 0 saturated heterocycles. The standard InChI is InChI=1S/C22H26N4O2/c1-13(2)28-20-8-7-17(22(23)27)11-19(20)25-15(4)26-21-14(3)5-6-16-9-10-24-12-18(16)21/h7-13H,5-6H2,1-4H3,(H2,23,27)(H,25,26). The molecule has 6 nitrogen and oxygen atoms in total. The van der Waals surface area contributed by atoms with Gasteiger partial charge in [0.25, 0.3) is 0 Å². The number of nitrogens with zero attached hydrogens (tertiary/aromatic N) is 2. The van der Waals surface area contributed by atoms with E-state index >= 15 is 0 Å². The number of carbonyl (C=O) groups excluding carboxylic acids is 1. The fourth-order valence-corrected chi connectivity index (χ4v) is 3.21. The first-order chi connectivity index (χ1) is 13.3. The van der Waals surface area contributed by atoms with Crippen LogP contribution in [0.2, 0.25) is 0 Å². The second kappa shape index (κ2) is 8.25. The summed E-state index contributed by atoms with van der Waals surface area (Å²) in [5.41, 5.74) is 11.0. The lowest BCUT2D eigenvalue weighted by Gasteiger charge is -2.20. The van der Waals surface area contributed by atoms with Crippen LogP contribution in [-0.2, 0) is 6.42 Å². The van der Waals surface area contributed by atoms with Gasteiger partial charge < -0.3 is 15.8 Å². The van der Waals surface area contributed by atoms with Crippen LogP contribution < -0.4 is 15.8 Å². The number of hydrogen-bond donors (Lipinski definition) is 2. The number of ether oxygens (including phenoxy) is 1. The number of fused-ring (bicyclic) bond motifs is 1. The van der Waals surface area contributed by atoms with E-state index in [1.807, 2.05) is 39.2 Å². The van der Waals surface area contributed by atoms with Crippen molar-refractivity contribution in [3.05, 3.63) is 58.9 Å². The fraction of sp³-hybridized carbons (Fsp3) is 0.318. The molecule has 1 amide bonds. The van der Waals surface area contributed by atoms with Crippen LogP contribution in [0.1, 0.15) is 55.6 Å². The van der Waals surface area contributed by atoms with Gasteiger partial charge in [0.1, 0.15) is 11.6 Å². The van der Waals surface area contributed by atoms with Gasteiger partial charge in [-0.15, -0.1) is 0 Å². The van der Waals surface area contributed by atoms with Gasteiger partial charge in [0.2, 0.25) is 5.91 Å². The molecule has 0 aliphatic heterocycles. The number of allylic oxidation sites excluding steroid dienone is 1. The maximum Gasteiger partial charge on any atom is 0.248 e. The maximum atomic E-state index is 11.6. The van der Waals surface area contributed by atoms with Crippen molar-refractivity contribution in [2.45, 2.75) is 46.6 Å². The van der Waals surface area contributed by atoms with E-state index in [9.17, 15) is 4.79 Å². The third-order valence-electron chi connectivity index (χ3n) is 4.56. The van der Waals surface area contributed by atoms with Gasteiger partial charge in [-0.2, -0.15) is 0 Å². The Bertz CT molecular complexity index is 961. The lowest BCUT2D eigenvalue weighted by molar-refractivity contribution is 0.100. The van der Waals surface area contributed by atoms with Gasteiger partial charge in [-0.3, -0.25) is 9.78 Å². The molecule has 0 spiro atoms. The molecule has 28 heavy (non-hydrogen) atoms. The van der Waals surface area contributed by atoms with Crippen LogP contribution in [-0.4, -0.2) is 22.8 Å².